The molecule has 0 saturated carbocycles. The summed E-state index contributed by atoms with van der Waals surface area (Å²) in [5, 5.41) is 7.16. The normalized spacial score (nSPS) is 10.6. The third kappa shape index (κ3) is 2.76. The first kappa shape index (κ1) is 14.4. The second-order valence-electron chi connectivity index (χ2n) is 4.71. The molecule has 22 heavy (non-hydrogen) atoms. The van der Waals surface area contributed by atoms with E-state index in [-0.39, 0.29) is 5.91 Å². The topological polar surface area (TPSA) is 68.3 Å². The molecular formula is C16H13ClN2O3. The Bertz CT molecular complexity index is 794. The molecule has 0 saturated heterocycles. The Hall–Kier alpha value is -2.53. The van der Waals surface area contributed by atoms with Gasteiger partial charge in [0.15, 0.2) is 5.76 Å². The van der Waals surface area contributed by atoms with Crippen molar-refractivity contribution in [1.29, 1.82) is 0 Å². The molecule has 5 nitrogen and oxygen atoms in total. The van der Waals surface area contributed by atoms with Crippen LogP contribution < -0.4 is 5.32 Å². The number of aromatic nitrogens is 1. The SMILES string of the molecule is Cc1noc(-c2ccccc2Cl)c1C(=O)NCc1ccco1. The van der Waals surface area contributed by atoms with Gasteiger partial charge in [0.2, 0.25) is 0 Å². The van der Waals surface area contributed by atoms with Crippen LogP contribution in [0.2, 0.25) is 5.02 Å². The summed E-state index contributed by atoms with van der Waals surface area (Å²) >= 11 is 6.17. The minimum Gasteiger partial charge on any atom is -0.467 e. The summed E-state index contributed by atoms with van der Waals surface area (Å²) in [5.41, 5.74) is 1.51. The van der Waals surface area contributed by atoms with Gasteiger partial charge in [-0.1, -0.05) is 28.9 Å². The van der Waals surface area contributed by atoms with E-state index in [4.69, 9.17) is 20.5 Å². The van der Waals surface area contributed by atoms with Gasteiger partial charge in [-0.3, -0.25) is 4.79 Å². The van der Waals surface area contributed by atoms with E-state index >= 15 is 0 Å². The van der Waals surface area contributed by atoms with Gasteiger partial charge in [-0.25, -0.2) is 0 Å². The Kier molecular flexibility index (Phi) is 3.98. The predicted molar refractivity (Wildman–Crippen MR) is 81.6 cm³/mol. The average molecular weight is 317 g/mol. The molecule has 0 fully saturated rings. The summed E-state index contributed by atoms with van der Waals surface area (Å²) in [7, 11) is 0. The number of carbonyl (C=O) groups is 1. The molecule has 1 aromatic carbocycles. The summed E-state index contributed by atoms with van der Waals surface area (Å²) in [4.78, 5) is 12.4. The highest BCUT2D eigenvalue weighted by molar-refractivity contribution is 6.33. The molecule has 0 bridgehead atoms. The fourth-order valence-corrected chi connectivity index (χ4v) is 2.36. The van der Waals surface area contributed by atoms with Crippen molar-refractivity contribution >= 4 is 17.5 Å². The van der Waals surface area contributed by atoms with Crippen molar-refractivity contribution in [2.75, 3.05) is 0 Å². The first-order valence-electron chi connectivity index (χ1n) is 6.68. The van der Waals surface area contributed by atoms with Crippen LogP contribution in [0, 0.1) is 6.92 Å². The van der Waals surface area contributed by atoms with Crippen LogP contribution in [-0.2, 0) is 6.54 Å². The zero-order valence-corrected chi connectivity index (χ0v) is 12.6. The standard InChI is InChI=1S/C16H13ClN2O3/c1-10-14(16(20)18-9-11-5-4-8-21-11)15(22-19-10)12-6-2-3-7-13(12)17/h2-8H,9H2,1H3,(H,18,20). The second kappa shape index (κ2) is 6.07. The Morgan fingerprint density at radius 3 is 2.82 bits per heavy atom. The molecule has 0 atom stereocenters. The van der Waals surface area contributed by atoms with Crippen molar-refractivity contribution in [2.45, 2.75) is 13.5 Å². The minimum atomic E-state index is -0.287. The van der Waals surface area contributed by atoms with Crippen LogP contribution in [0.1, 0.15) is 21.8 Å². The van der Waals surface area contributed by atoms with Gasteiger partial charge in [0.05, 0.1) is 23.5 Å². The number of benzene rings is 1. The van der Waals surface area contributed by atoms with Crippen molar-refractivity contribution in [3.05, 3.63) is 64.7 Å². The molecule has 0 unspecified atom stereocenters. The van der Waals surface area contributed by atoms with Gasteiger partial charge in [-0.15, -0.1) is 0 Å². The van der Waals surface area contributed by atoms with E-state index in [1.165, 1.54) is 0 Å². The highest BCUT2D eigenvalue weighted by Gasteiger charge is 2.23. The van der Waals surface area contributed by atoms with Crippen LogP contribution in [0.25, 0.3) is 11.3 Å². The largest absolute Gasteiger partial charge is 0.467 e. The van der Waals surface area contributed by atoms with Crippen LogP contribution in [0.4, 0.5) is 0 Å². The Balaban J connectivity index is 1.89. The number of carbonyl (C=O) groups excluding carboxylic acids is 1. The molecule has 0 spiro atoms. The van der Waals surface area contributed by atoms with Gasteiger partial charge < -0.3 is 14.3 Å². The molecule has 0 aliphatic carbocycles. The number of nitrogens with one attached hydrogen (secondary N) is 1. The molecule has 3 rings (SSSR count). The van der Waals surface area contributed by atoms with E-state index in [9.17, 15) is 4.79 Å². The van der Waals surface area contributed by atoms with Gasteiger partial charge in [0, 0.05) is 5.56 Å². The fraction of sp³-hybridized carbons (Fsp3) is 0.125. The van der Waals surface area contributed by atoms with Crippen molar-refractivity contribution in [1.82, 2.24) is 10.5 Å². The third-order valence-corrected chi connectivity index (χ3v) is 3.54. The monoisotopic (exact) mass is 316 g/mol. The predicted octanol–water partition coefficient (Wildman–Crippen LogP) is 3.83. The summed E-state index contributed by atoms with van der Waals surface area (Å²) in [6.07, 6.45) is 1.56. The fourth-order valence-electron chi connectivity index (χ4n) is 2.14. The zero-order valence-electron chi connectivity index (χ0n) is 11.8. The van der Waals surface area contributed by atoms with Gasteiger partial charge in [-0.2, -0.15) is 0 Å². The summed E-state index contributed by atoms with van der Waals surface area (Å²) in [5.74, 6) is 0.742. The van der Waals surface area contributed by atoms with Gasteiger partial charge in [0.1, 0.15) is 11.3 Å². The lowest BCUT2D eigenvalue weighted by Gasteiger charge is -2.05. The van der Waals surface area contributed by atoms with E-state index in [1.54, 1.807) is 37.5 Å². The number of rotatable bonds is 4. The molecule has 112 valence electrons. The molecule has 3 aromatic rings. The van der Waals surface area contributed by atoms with Crippen molar-refractivity contribution in [3.63, 3.8) is 0 Å². The molecule has 1 N–H and O–H groups in total. The van der Waals surface area contributed by atoms with Gasteiger partial charge in [-0.05, 0) is 31.2 Å². The molecule has 0 radical (unpaired) electrons. The molecular weight excluding hydrogens is 304 g/mol. The quantitative estimate of drug-likeness (QED) is 0.794. The van der Waals surface area contributed by atoms with E-state index in [0.29, 0.717) is 39.9 Å². The third-order valence-electron chi connectivity index (χ3n) is 3.21. The highest BCUT2D eigenvalue weighted by Crippen LogP contribution is 2.31. The van der Waals surface area contributed by atoms with Gasteiger partial charge >= 0.3 is 0 Å². The lowest BCUT2D eigenvalue weighted by molar-refractivity contribution is 0.0947. The summed E-state index contributed by atoms with van der Waals surface area (Å²) in [6, 6.07) is 10.7. The maximum absolute atomic E-state index is 12.4. The van der Waals surface area contributed by atoms with Crippen LogP contribution in [0.5, 0.6) is 0 Å². The lowest BCUT2D eigenvalue weighted by Crippen LogP contribution is -2.23. The van der Waals surface area contributed by atoms with Crippen LogP contribution >= 0.6 is 11.6 Å². The number of amides is 1. The Morgan fingerprint density at radius 2 is 2.09 bits per heavy atom. The van der Waals surface area contributed by atoms with E-state index in [1.807, 2.05) is 12.1 Å². The number of hydrogen-bond donors (Lipinski definition) is 1. The number of hydrogen-bond acceptors (Lipinski definition) is 4. The van der Waals surface area contributed by atoms with Crippen molar-refractivity contribution in [2.24, 2.45) is 0 Å². The smallest absolute Gasteiger partial charge is 0.257 e. The van der Waals surface area contributed by atoms with Crippen molar-refractivity contribution < 1.29 is 13.7 Å². The Labute approximate surface area is 131 Å². The first-order chi connectivity index (χ1) is 10.7. The Morgan fingerprint density at radius 1 is 1.27 bits per heavy atom. The van der Waals surface area contributed by atoms with E-state index in [0.717, 1.165) is 0 Å². The maximum atomic E-state index is 12.4. The molecule has 0 aliphatic rings. The van der Waals surface area contributed by atoms with Crippen molar-refractivity contribution in [3.8, 4) is 11.3 Å². The highest BCUT2D eigenvalue weighted by atomic mass is 35.5. The summed E-state index contributed by atoms with van der Waals surface area (Å²) in [6.45, 7) is 2.00. The van der Waals surface area contributed by atoms with Gasteiger partial charge in [0.25, 0.3) is 5.91 Å². The molecule has 0 aliphatic heterocycles. The maximum Gasteiger partial charge on any atom is 0.257 e. The molecule has 2 aromatic heterocycles. The molecule has 1 amide bonds. The second-order valence-corrected chi connectivity index (χ2v) is 5.12. The number of nitrogens with zero attached hydrogens (tertiary/aromatic N) is 1. The van der Waals surface area contributed by atoms with E-state index < -0.39 is 0 Å². The van der Waals surface area contributed by atoms with E-state index in [2.05, 4.69) is 10.5 Å². The first-order valence-corrected chi connectivity index (χ1v) is 7.06. The average Bonchev–Trinajstić information content (AvgIpc) is 3.15. The van der Waals surface area contributed by atoms with Crippen LogP contribution in [0.15, 0.2) is 51.6 Å². The minimum absolute atomic E-state index is 0.287. The summed E-state index contributed by atoms with van der Waals surface area (Å²) < 4.78 is 10.5. The van der Waals surface area contributed by atoms with Crippen LogP contribution in [-0.4, -0.2) is 11.1 Å². The van der Waals surface area contributed by atoms with Crippen LogP contribution in [0.3, 0.4) is 0 Å². The zero-order chi connectivity index (χ0) is 15.5. The number of halogens is 1. The number of furan rings is 1. The molecule has 2 heterocycles. The molecule has 6 heteroatoms. The number of aryl methyl sites for hydroxylation is 1. The lowest BCUT2D eigenvalue weighted by atomic mass is 10.1.